The predicted molar refractivity (Wildman–Crippen MR) is 64.6 cm³/mol. The zero-order chi connectivity index (χ0) is 12.0. The highest BCUT2D eigenvalue weighted by Crippen LogP contribution is 2.24. The minimum absolute atomic E-state index is 0.0523. The Bertz CT molecular complexity index is 444. The van der Waals surface area contributed by atoms with Crippen LogP contribution in [0.15, 0.2) is 18.2 Å². The lowest BCUT2D eigenvalue weighted by atomic mass is 10.2. The van der Waals surface area contributed by atoms with E-state index in [1.807, 2.05) is 0 Å². The van der Waals surface area contributed by atoms with Crippen LogP contribution in [0.5, 0.6) is 0 Å². The van der Waals surface area contributed by atoms with Crippen LogP contribution in [0.25, 0.3) is 0 Å². The van der Waals surface area contributed by atoms with Gasteiger partial charge in [0.25, 0.3) is 0 Å². The van der Waals surface area contributed by atoms with Crippen molar-refractivity contribution in [2.45, 2.75) is 13.3 Å². The highest BCUT2D eigenvalue weighted by Gasteiger charge is 2.01. The molecule has 0 aliphatic heterocycles. The first-order chi connectivity index (χ1) is 7.65. The Kier molecular flexibility index (Phi) is 5.18. The molecule has 0 radical (unpaired) electrons. The summed E-state index contributed by atoms with van der Waals surface area (Å²) in [4.78, 5) is 11.0. The molecule has 1 aromatic carbocycles. The van der Waals surface area contributed by atoms with E-state index in [-0.39, 0.29) is 12.4 Å². The number of halogens is 2. The maximum atomic E-state index is 11.0. The molecule has 0 fully saturated rings. The Labute approximate surface area is 105 Å². The van der Waals surface area contributed by atoms with Crippen LogP contribution in [0.2, 0.25) is 10.0 Å². The highest BCUT2D eigenvalue weighted by atomic mass is 35.5. The number of esters is 1. The predicted octanol–water partition coefficient (Wildman–Crippen LogP) is 3.30. The molecular formula is C12H10Cl2O2. The Morgan fingerprint density at radius 1 is 1.44 bits per heavy atom. The average molecular weight is 257 g/mol. The van der Waals surface area contributed by atoms with Crippen molar-refractivity contribution in [3.05, 3.63) is 33.8 Å². The molecule has 4 heteroatoms. The van der Waals surface area contributed by atoms with Crippen molar-refractivity contribution in [2.75, 3.05) is 6.61 Å². The first kappa shape index (κ1) is 12.9. The first-order valence-electron chi connectivity index (χ1n) is 4.73. The fourth-order valence-corrected chi connectivity index (χ4v) is 1.37. The monoisotopic (exact) mass is 256 g/mol. The molecular weight excluding hydrogens is 247 g/mol. The maximum absolute atomic E-state index is 11.0. The molecule has 0 aliphatic rings. The van der Waals surface area contributed by atoms with Crippen molar-refractivity contribution < 1.29 is 9.53 Å². The topological polar surface area (TPSA) is 26.3 Å². The summed E-state index contributed by atoms with van der Waals surface area (Å²) in [7, 11) is 0. The van der Waals surface area contributed by atoms with E-state index in [9.17, 15) is 4.79 Å². The van der Waals surface area contributed by atoms with Crippen LogP contribution < -0.4 is 0 Å². The second kappa shape index (κ2) is 6.42. The van der Waals surface area contributed by atoms with Gasteiger partial charge in [-0.3, -0.25) is 4.79 Å². The summed E-state index contributed by atoms with van der Waals surface area (Å²) in [5, 5.41) is 0.852. The standard InChI is InChI=1S/C12H10Cl2O2/c1-2-16-11(15)8-4-6-9-5-3-7-10(13)12(9)14/h3,5,7H,2,8H2,1H3. The molecule has 1 aromatic rings. The third kappa shape index (κ3) is 3.77. The molecule has 0 heterocycles. The molecule has 0 amide bonds. The minimum atomic E-state index is -0.340. The molecule has 0 spiro atoms. The lowest BCUT2D eigenvalue weighted by Crippen LogP contribution is -2.01. The summed E-state index contributed by atoms with van der Waals surface area (Å²) in [6, 6.07) is 5.18. The summed E-state index contributed by atoms with van der Waals surface area (Å²) in [5.41, 5.74) is 0.610. The van der Waals surface area contributed by atoms with Crippen LogP contribution in [0, 0.1) is 11.8 Å². The third-order valence-electron chi connectivity index (χ3n) is 1.71. The van der Waals surface area contributed by atoms with E-state index in [1.54, 1.807) is 25.1 Å². The maximum Gasteiger partial charge on any atom is 0.317 e. The van der Waals surface area contributed by atoms with Crippen LogP contribution >= 0.6 is 23.2 Å². The van der Waals surface area contributed by atoms with Crippen LogP contribution in [0.1, 0.15) is 18.9 Å². The number of hydrogen-bond acceptors (Lipinski definition) is 2. The summed E-state index contributed by atoms with van der Waals surface area (Å²) < 4.78 is 4.73. The van der Waals surface area contributed by atoms with Crippen molar-refractivity contribution in [1.29, 1.82) is 0 Å². The zero-order valence-corrected chi connectivity index (χ0v) is 10.2. The van der Waals surface area contributed by atoms with Gasteiger partial charge in [0, 0.05) is 5.56 Å². The number of carbonyl (C=O) groups is 1. The number of rotatable bonds is 2. The molecule has 0 aromatic heterocycles. The average Bonchev–Trinajstić information content (AvgIpc) is 2.25. The second-order valence-electron chi connectivity index (χ2n) is 2.88. The van der Waals surface area contributed by atoms with Gasteiger partial charge < -0.3 is 4.74 Å². The zero-order valence-electron chi connectivity index (χ0n) is 8.72. The number of ether oxygens (including phenoxy) is 1. The minimum Gasteiger partial charge on any atom is -0.465 e. The van der Waals surface area contributed by atoms with E-state index >= 15 is 0 Å². The molecule has 0 unspecified atom stereocenters. The van der Waals surface area contributed by atoms with Crippen molar-refractivity contribution in [3.63, 3.8) is 0 Å². The molecule has 0 N–H and O–H groups in total. The molecule has 0 saturated carbocycles. The van der Waals surface area contributed by atoms with E-state index in [0.29, 0.717) is 22.2 Å². The Morgan fingerprint density at radius 2 is 2.19 bits per heavy atom. The van der Waals surface area contributed by atoms with Gasteiger partial charge in [-0.25, -0.2) is 0 Å². The first-order valence-corrected chi connectivity index (χ1v) is 5.49. The van der Waals surface area contributed by atoms with Gasteiger partial charge in [-0.1, -0.05) is 41.1 Å². The number of carbonyl (C=O) groups excluding carboxylic acids is 1. The summed E-state index contributed by atoms with van der Waals surface area (Å²) in [6.45, 7) is 2.11. The smallest absolute Gasteiger partial charge is 0.317 e. The number of hydrogen-bond donors (Lipinski definition) is 0. The van der Waals surface area contributed by atoms with Crippen LogP contribution in [0.3, 0.4) is 0 Å². The molecule has 0 saturated heterocycles. The van der Waals surface area contributed by atoms with Crippen LogP contribution in [-0.2, 0) is 9.53 Å². The third-order valence-corrected chi connectivity index (χ3v) is 2.53. The molecule has 0 atom stereocenters. The normalized spacial score (nSPS) is 9.19. The van der Waals surface area contributed by atoms with E-state index in [4.69, 9.17) is 27.9 Å². The van der Waals surface area contributed by atoms with E-state index in [1.165, 1.54) is 0 Å². The van der Waals surface area contributed by atoms with Crippen molar-refractivity contribution >= 4 is 29.2 Å². The largest absolute Gasteiger partial charge is 0.465 e. The fraction of sp³-hybridized carbons (Fsp3) is 0.250. The molecule has 2 nitrogen and oxygen atoms in total. The highest BCUT2D eigenvalue weighted by molar-refractivity contribution is 6.42. The summed E-state index contributed by atoms with van der Waals surface area (Å²) >= 11 is 11.7. The van der Waals surface area contributed by atoms with Gasteiger partial charge in [0.1, 0.15) is 6.42 Å². The van der Waals surface area contributed by atoms with Gasteiger partial charge in [-0.15, -0.1) is 0 Å². The Morgan fingerprint density at radius 3 is 2.88 bits per heavy atom. The molecule has 16 heavy (non-hydrogen) atoms. The second-order valence-corrected chi connectivity index (χ2v) is 3.67. The van der Waals surface area contributed by atoms with Crippen molar-refractivity contribution in [1.82, 2.24) is 0 Å². The van der Waals surface area contributed by atoms with Gasteiger partial charge in [0.2, 0.25) is 0 Å². The quantitative estimate of drug-likeness (QED) is 0.600. The summed E-state index contributed by atoms with van der Waals surface area (Å²) in [5.74, 6) is 5.12. The van der Waals surface area contributed by atoms with Crippen molar-refractivity contribution in [2.24, 2.45) is 0 Å². The Hall–Kier alpha value is -1.17. The SMILES string of the molecule is CCOC(=O)CC#Cc1cccc(Cl)c1Cl. The fourth-order valence-electron chi connectivity index (χ4n) is 1.02. The number of benzene rings is 1. The molecule has 0 bridgehead atoms. The molecule has 0 aliphatic carbocycles. The van der Waals surface area contributed by atoms with E-state index < -0.39 is 0 Å². The van der Waals surface area contributed by atoms with Gasteiger partial charge >= 0.3 is 5.97 Å². The molecule has 1 rings (SSSR count). The van der Waals surface area contributed by atoms with Crippen LogP contribution in [0.4, 0.5) is 0 Å². The Balaban J connectivity index is 2.70. The van der Waals surface area contributed by atoms with Crippen molar-refractivity contribution in [3.8, 4) is 11.8 Å². The lowest BCUT2D eigenvalue weighted by Gasteiger charge is -1.97. The van der Waals surface area contributed by atoms with E-state index in [0.717, 1.165) is 0 Å². The summed E-state index contributed by atoms with van der Waals surface area (Å²) in [6.07, 6.45) is 0.0523. The van der Waals surface area contributed by atoms with Gasteiger partial charge in [-0.05, 0) is 19.1 Å². The van der Waals surface area contributed by atoms with Gasteiger partial charge in [0.05, 0.1) is 16.7 Å². The van der Waals surface area contributed by atoms with E-state index in [2.05, 4.69) is 11.8 Å². The lowest BCUT2D eigenvalue weighted by molar-refractivity contribution is -0.141. The van der Waals surface area contributed by atoms with Gasteiger partial charge in [-0.2, -0.15) is 0 Å². The molecule has 84 valence electrons. The van der Waals surface area contributed by atoms with Gasteiger partial charge in [0.15, 0.2) is 0 Å². The van der Waals surface area contributed by atoms with Crippen LogP contribution in [-0.4, -0.2) is 12.6 Å².